The number of carboxylic acids is 1. The fourth-order valence-corrected chi connectivity index (χ4v) is 3.52. The van der Waals surface area contributed by atoms with Crippen LogP contribution in [0.3, 0.4) is 0 Å². The number of hydrogen-bond donors (Lipinski definition) is 2. The number of nitrogens with one attached hydrogen (secondary N) is 1. The molecule has 1 aliphatic rings. The number of rotatable bonds is 4. The Morgan fingerprint density at radius 3 is 2.57 bits per heavy atom. The molecule has 3 aromatic rings. The van der Waals surface area contributed by atoms with Gasteiger partial charge < -0.3 is 14.8 Å². The average Bonchev–Trinajstić information content (AvgIpc) is 3.11. The van der Waals surface area contributed by atoms with Gasteiger partial charge in [-0.2, -0.15) is 0 Å². The molecule has 1 heterocycles. The number of amides is 1. The number of carbonyl (C=O) groups excluding carboxylic acids is 1. The lowest BCUT2D eigenvalue weighted by Gasteiger charge is -2.07. The second kappa shape index (κ2) is 8.00. The molecule has 2 aromatic carbocycles. The number of fused-ring (bicyclic) bond motifs is 2. The summed E-state index contributed by atoms with van der Waals surface area (Å²) in [5.74, 6) is -1.26. The van der Waals surface area contributed by atoms with Crippen molar-refractivity contribution < 1.29 is 19.1 Å². The third-order valence-electron chi connectivity index (χ3n) is 4.78. The third-order valence-corrected chi connectivity index (χ3v) is 5.03. The lowest BCUT2D eigenvalue weighted by atomic mass is 10.1. The Balaban J connectivity index is 1.71. The molecule has 2 N–H and O–H groups in total. The highest BCUT2D eigenvalue weighted by Crippen LogP contribution is 2.34. The van der Waals surface area contributed by atoms with Crippen LogP contribution in [-0.2, 0) is 16.0 Å². The Labute approximate surface area is 176 Å². The first kappa shape index (κ1) is 19.7. The number of halogens is 1. The van der Waals surface area contributed by atoms with Gasteiger partial charge in [-0.1, -0.05) is 23.7 Å². The number of carboxylic acid groups (broad SMARTS) is 1. The number of anilines is 1. The smallest absolute Gasteiger partial charge is 0.328 e. The topological polar surface area (TPSA) is 96.6 Å². The lowest BCUT2D eigenvalue weighted by molar-refractivity contribution is -0.131. The van der Waals surface area contributed by atoms with E-state index in [1.165, 1.54) is 0 Å². The fraction of sp³-hybridized carbons (Fsp3) is 0.0870. The van der Waals surface area contributed by atoms with E-state index in [9.17, 15) is 14.4 Å². The summed E-state index contributed by atoms with van der Waals surface area (Å²) in [7, 11) is 0. The Morgan fingerprint density at radius 1 is 1.07 bits per heavy atom. The Morgan fingerprint density at radius 2 is 1.83 bits per heavy atom. The molecular weight excluding hydrogens is 406 g/mol. The minimum Gasteiger partial charge on any atom is -0.478 e. The maximum atomic E-state index is 12.9. The van der Waals surface area contributed by atoms with Crippen LogP contribution in [0.2, 0.25) is 5.02 Å². The summed E-state index contributed by atoms with van der Waals surface area (Å²) < 4.78 is 6.06. The predicted molar refractivity (Wildman–Crippen MR) is 116 cm³/mol. The largest absolute Gasteiger partial charge is 0.478 e. The molecule has 0 aliphatic heterocycles. The van der Waals surface area contributed by atoms with E-state index in [-0.39, 0.29) is 5.43 Å². The van der Waals surface area contributed by atoms with E-state index in [4.69, 9.17) is 21.1 Å². The van der Waals surface area contributed by atoms with Crippen molar-refractivity contribution in [1.82, 2.24) is 0 Å². The standard InChI is InChI=1S/C23H16ClNO5/c24-15-4-1-13(2-5-15)11-14-3-7-18-22(29)17-8-6-16(12-19(17)30-23(14)18)25-20(26)9-10-21(27)28/h1-2,4-6,8-12H,3,7H2,(H,25,26)(H,27,28)/b10-9+,14-11?. The molecule has 0 bridgehead atoms. The van der Waals surface area contributed by atoms with E-state index in [1.54, 1.807) is 30.3 Å². The number of hydrogen-bond acceptors (Lipinski definition) is 4. The maximum absolute atomic E-state index is 12.9. The zero-order chi connectivity index (χ0) is 21.3. The van der Waals surface area contributed by atoms with Crippen LogP contribution < -0.4 is 10.7 Å². The summed E-state index contributed by atoms with van der Waals surface area (Å²) in [6.45, 7) is 0. The van der Waals surface area contributed by atoms with E-state index in [0.29, 0.717) is 45.8 Å². The van der Waals surface area contributed by atoms with E-state index in [2.05, 4.69) is 5.32 Å². The van der Waals surface area contributed by atoms with Crippen LogP contribution in [0.4, 0.5) is 5.69 Å². The molecule has 0 spiro atoms. The van der Waals surface area contributed by atoms with Gasteiger partial charge in [-0.25, -0.2) is 4.79 Å². The minimum absolute atomic E-state index is 0.0885. The molecule has 0 saturated heterocycles. The van der Waals surface area contributed by atoms with Crippen LogP contribution in [0, 0.1) is 0 Å². The van der Waals surface area contributed by atoms with Gasteiger partial charge in [0, 0.05) is 34.5 Å². The molecule has 1 aliphatic carbocycles. The number of benzene rings is 2. The molecule has 1 amide bonds. The van der Waals surface area contributed by atoms with Gasteiger partial charge in [0.2, 0.25) is 5.91 Å². The Kier molecular flexibility index (Phi) is 5.25. The number of aliphatic carboxylic acids is 1. The molecule has 7 heteroatoms. The average molecular weight is 422 g/mol. The van der Waals surface area contributed by atoms with Crippen molar-refractivity contribution in [1.29, 1.82) is 0 Å². The van der Waals surface area contributed by atoms with Crippen molar-refractivity contribution in [3.63, 3.8) is 0 Å². The first-order valence-corrected chi connectivity index (χ1v) is 9.57. The first-order valence-electron chi connectivity index (χ1n) is 9.19. The molecule has 0 atom stereocenters. The van der Waals surface area contributed by atoms with Gasteiger partial charge in [-0.15, -0.1) is 0 Å². The van der Waals surface area contributed by atoms with Gasteiger partial charge in [0.15, 0.2) is 5.43 Å². The summed E-state index contributed by atoms with van der Waals surface area (Å²) in [5, 5.41) is 12.2. The predicted octanol–water partition coefficient (Wildman–Crippen LogP) is 4.51. The van der Waals surface area contributed by atoms with Gasteiger partial charge in [-0.3, -0.25) is 9.59 Å². The zero-order valence-electron chi connectivity index (χ0n) is 15.6. The highest BCUT2D eigenvalue weighted by Gasteiger charge is 2.24. The first-order chi connectivity index (χ1) is 14.4. The van der Waals surface area contributed by atoms with Crippen LogP contribution in [0.1, 0.15) is 23.3 Å². The van der Waals surface area contributed by atoms with Crippen molar-refractivity contribution >= 4 is 51.8 Å². The van der Waals surface area contributed by atoms with Gasteiger partial charge in [-0.05, 0) is 54.3 Å². The van der Waals surface area contributed by atoms with Crippen LogP contribution in [0.25, 0.3) is 22.6 Å². The molecule has 0 fully saturated rings. The summed E-state index contributed by atoms with van der Waals surface area (Å²) in [4.78, 5) is 35.2. The lowest BCUT2D eigenvalue weighted by Crippen LogP contribution is -2.11. The van der Waals surface area contributed by atoms with Crippen molar-refractivity contribution in [3.8, 4) is 0 Å². The van der Waals surface area contributed by atoms with Crippen LogP contribution in [0.15, 0.2) is 63.8 Å². The molecule has 0 unspecified atom stereocenters. The molecular formula is C23H16ClNO5. The van der Waals surface area contributed by atoms with Gasteiger partial charge in [0.05, 0.1) is 5.39 Å². The van der Waals surface area contributed by atoms with Crippen LogP contribution >= 0.6 is 11.6 Å². The molecule has 0 saturated carbocycles. The quantitative estimate of drug-likeness (QED) is 0.604. The summed E-state index contributed by atoms with van der Waals surface area (Å²) in [5.41, 5.74) is 3.18. The van der Waals surface area contributed by atoms with Gasteiger partial charge in [0.1, 0.15) is 11.3 Å². The van der Waals surface area contributed by atoms with Crippen molar-refractivity contribution in [2.24, 2.45) is 0 Å². The molecule has 4 rings (SSSR count). The normalized spacial score (nSPS) is 14.4. The molecule has 150 valence electrons. The second-order valence-corrected chi connectivity index (χ2v) is 7.27. The Hall–Kier alpha value is -3.64. The van der Waals surface area contributed by atoms with E-state index in [1.807, 2.05) is 18.2 Å². The number of allylic oxidation sites excluding steroid dienone is 1. The van der Waals surface area contributed by atoms with Crippen LogP contribution in [-0.4, -0.2) is 17.0 Å². The van der Waals surface area contributed by atoms with E-state index >= 15 is 0 Å². The second-order valence-electron chi connectivity index (χ2n) is 6.83. The highest BCUT2D eigenvalue weighted by molar-refractivity contribution is 6.30. The highest BCUT2D eigenvalue weighted by atomic mass is 35.5. The number of carbonyl (C=O) groups is 2. The minimum atomic E-state index is -1.22. The third kappa shape index (κ3) is 4.04. The molecule has 6 nitrogen and oxygen atoms in total. The zero-order valence-corrected chi connectivity index (χ0v) is 16.4. The summed E-state index contributed by atoms with van der Waals surface area (Å²) in [6.07, 6.45) is 4.93. The van der Waals surface area contributed by atoms with Gasteiger partial charge in [0.25, 0.3) is 0 Å². The molecule has 1 aromatic heterocycles. The maximum Gasteiger partial charge on any atom is 0.328 e. The van der Waals surface area contributed by atoms with Gasteiger partial charge >= 0.3 is 5.97 Å². The molecule has 30 heavy (non-hydrogen) atoms. The Bertz CT molecular complexity index is 1290. The van der Waals surface area contributed by atoms with E-state index < -0.39 is 11.9 Å². The molecule has 0 radical (unpaired) electrons. The SMILES string of the molecule is O=C(O)/C=C/C(=O)Nc1ccc2c(=O)c3c(oc2c1)C(=Cc1ccc(Cl)cc1)CC3. The van der Waals surface area contributed by atoms with Crippen LogP contribution in [0.5, 0.6) is 0 Å². The van der Waals surface area contributed by atoms with Crippen molar-refractivity contribution in [2.45, 2.75) is 12.8 Å². The van der Waals surface area contributed by atoms with Crippen molar-refractivity contribution in [2.75, 3.05) is 5.32 Å². The van der Waals surface area contributed by atoms with Crippen molar-refractivity contribution in [3.05, 3.63) is 86.7 Å². The monoisotopic (exact) mass is 421 g/mol. The van der Waals surface area contributed by atoms with E-state index in [0.717, 1.165) is 23.3 Å². The fourth-order valence-electron chi connectivity index (χ4n) is 3.40. The summed E-state index contributed by atoms with van der Waals surface area (Å²) >= 11 is 5.94. The summed E-state index contributed by atoms with van der Waals surface area (Å²) in [6, 6.07) is 12.1.